The maximum atomic E-state index is 13.6. The quantitative estimate of drug-likeness (QED) is 0.431. The van der Waals surface area contributed by atoms with Crippen molar-refractivity contribution in [3.63, 3.8) is 0 Å². The van der Waals surface area contributed by atoms with E-state index in [-0.39, 0.29) is 17.7 Å². The summed E-state index contributed by atoms with van der Waals surface area (Å²) in [4.78, 5) is 13.6. The first-order valence-electron chi connectivity index (χ1n) is 10.9. The van der Waals surface area contributed by atoms with Crippen LogP contribution in [-0.2, 0) is 11.2 Å². The van der Waals surface area contributed by atoms with E-state index in [1.807, 2.05) is 24.3 Å². The van der Waals surface area contributed by atoms with E-state index < -0.39 is 0 Å². The molecule has 1 aliphatic heterocycles. The van der Waals surface area contributed by atoms with Crippen LogP contribution in [0.5, 0.6) is 0 Å². The third kappa shape index (κ3) is 3.92. The average molecular weight is 473 g/mol. The fourth-order valence-electron chi connectivity index (χ4n) is 4.69. The van der Waals surface area contributed by atoms with Gasteiger partial charge >= 0.3 is 0 Å². The first-order valence-corrected chi connectivity index (χ1v) is 11.6. The Morgan fingerprint density at radius 1 is 0.903 bits per heavy atom. The normalized spacial score (nSPS) is 20.3. The van der Waals surface area contributed by atoms with Crippen molar-refractivity contribution in [3.05, 3.63) is 105 Å². The number of halogens is 1. The Morgan fingerprint density at radius 2 is 1.68 bits per heavy atom. The number of anilines is 2. The predicted octanol–water partition coefficient (Wildman–Crippen LogP) is 6.99. The van der Waals surface area contributed by atoms with Crippen LogP contribution in [0, 0.1) is 0 Å². The number of allylic oxidation sites excluding steroid dienone is 1. The van der Waals surface area contributed by atoms with Crippen LogP contribution in [0.4, 0.5) is 11.4 Å². The monoisotopic (exact) mass is 472 g/mol. The summed E-state index contributed by atoms with van der Waals surface area (Å²) in [6.45, 7) is 2.16. The minimum Gasteiger partial charge on any atom is -0.372 e. The molecule has 5 rings (SSSR count). The number of carbonyl (C=O) groups excluding carboxylic acids is 1. The highest BCUT2D eigenvalue weighted by Gasteiger charge is 2.36. The van der Waals surface area contributed by atoms with Crippen molar-refractivity contribution < 1.29 is 4.79 Å². The maximum absolute atomic E-state index is 13.6. The van der Waals surface area contributed by atoms with Crippen molar-refractivity contribution in [2.45, 2.75) is 38.1 Å². The second-order valence-corrected chi connectivity index (χ2v) is 9.23. The predicted molar refractivity (Wildman–Crippen MR) is 130 cm³/mol. The van der Waals surface area contributed by atoms with Crippen LogP contribution < -0.4 is 10.6 Å². The number of ketones is 1. The van der Waals surface area contributed by atoms with Crippen molar-refractivity contribution in [1.29, 1.82) is 0 Å². The van der Waals surface area contributed by atoms with Gasteiger partial charge < -0.3 is 10.6 Å². The number of benzene rings is 3. The lowest BCUT2D eigenvalue weighted by molar-refractivity contribution is -0.116. The number of fused-ring (bicyclic) bond motifs is 1. The Labute approximate surface area is 191 Å². The molecule has 1 heterocycles. The Bertz CT molecular complexity index is 1170. The second kappa shape index (κ2) is 8.35. The van der Waals surface area contributed by atoms with Crippen molar-refractivity contribution >= 4 is 33.1 Å². The summed E-state index contributed by atoms with van der Waals surface area (Å²) in [6, 6.07) is 25.0. The fourth-order valence-corrected chi connectivity index (χ4v) is 5.11. The molecule has 2 N–H and O–H groups in total. The van der Waals surface area contributed by atoms with E-state index >= 15 is 0 Å². The highest BCUT2D eigenvalue weighted by molar-refractivity contribution is 9.10. The molecule has 0 bridgehead atoms. The minimum absolute atomic E-state index is 0.181. The van der Waals surface area contributed by atoms with Crippen molar-refractivity contribution in [2.24, 2.45) is 0 Å². The molecule has 4 heteroatoms. The van der Waals surface area contributed by atoms with Crippen molar-refractivity contribution in [3.8, 4) is 0 Å². The molecule has 2 aliphatic rings. The molecule has 156 valence electrons. The van der Waals surface area contributed by atoms with Crippen LogP contribution >= 0.6 is 15.9 Å². The van der Waals surface area contributed by atoms with Gasteiger partial charge in [-0.05, 0) is 59.7 Å². The molecule has 0 spiro atoms. The van der Waals surface area contributed by atoms with Gasteiger partial charge in [-0.3, -0.25) is 4.79 Å². The Balaban J connectivity index is 1.58. The number of nitrogens with one attached hydrogen (secondary N) is 2. The number of Topliss-reactive ketones (excluding diaryl/α,β-unsaturated/α-hetero) is 1. The van der Waals surface area contributed by atoms with Crippen LogP contribution in [0.3, 0.4) is 0 Å². The molecule has 3 aromatic rings. The summed E-state index contributed by atoms with van der Waals surface area (Å²) in [7, 11) is 0. The maximum Gasteiger partial charge on any atom is 0.163 e. The van der Waals surface area contributed by atoms with E-state index in [2.05, 4.69) is 82.0 Å². The summed E-state index contributed by atoms with van der Waals surface area (Å²) in [5.41, 5.74) is 7.56. The first-order chi connectivity index (χ1) is 15.1. The van der Waals surface area contributed by atoms with Crippen LogP contribution in [0.2, 0.25) is 0 Å². The van der Waals surface area contributed by atoms with Gasteiger partial charge in [0.25, 0.3) is 0 Å². The van der Waals surface area contributed by atoms with Crippen LogP contribution in [-0.4, -0.2) is 5.78 Å². The van der Waals surface area contributed by atoms with Gasteiger partial charge in [-0.2, -0.15) is 0 Å². The molecule has 0 amide bonds. The molecule has 0 saturated heterocycles. The number of rotatable bonds is 3. The SMILES string of the molecule is CCc1ccc(C2CC(=O)C3=C(C2)Nc2ccccc2NC3c2cccc(Br)c2)cc1. The minimum atomic E-state index is -0.181. The van der Waals surface area contributed by atoms with Crippen LogP contribution in [0.25, 0.3) is 0 Å². The summed E-state index contributed by atoms with van der Waals surface area (Å²) in [6.07, 6.45) is 2.39. The molecule has 1 aliphatic carbocycles. The smallest absolute Gasteiger partial charge is 0.163 e. The summed E-state index contributed by atoms with van der Waals surface area (Å²) < 4.78 is 1.01. The van der Waals surface area contributed by atoms with Crippen LogP contribution in [0.15, 0.2) is 88.5 Å². The number of hydrogen-bond acceptors (Lipinski definition) is 3. The fraction of sp³-hybridized carbons (Fsp3) is 0.222. The van der Waals surface area contributed by atoms with E-state index in [1.165, 1.54) is 11.1 Å². The highest BCUT2D eigenvalue weighted by Crippen LogP contribution is 2.44. The topological polar surface area (TPSA) is 41.1 Å². The molecule has 0 fully saturated rings. The Kier molecular flexibility index (Phi) is 5.41. The summed E-state index contributed by atoms with van der Waals surface area (Å²) >= 11 is 3.59. The molecule has 2 atom stereocenters. The zero-order chi connectivity index (χ0) is 21.4. The Hall–Kier alpha value is -2.85. The molecule has 3 aromatic carbocycles. The van der Waals surface area contributed by atoms with Gasteiger partial charge in [-0.15, -0.1) is 0 Å². The third-order valence-electron chi connectivity index (χ3n) is 6.35. The first kappa shape index (κ1) is 20.1. The molecular weight excluding hydrogens is 448 g/mol. The van der Waals surface area contributed by atoms with Crippen molar-refractivity contribution in [2.75, 3.05) is 10.6 Å². The Morgan fingerprint density at radius 3 is 2.42 bits per heavy atom. The number of hydrogen-bond donors (Lipinski definition) is 2. The van der Waals surface area contributed by atoms with Crippen molar-refractivity contribution in [1.82, 2.24) is 0 Å². The summed E-state index contributed by atoms with van der Waals surface area (Å²) in [5.74, 6) is 0.404. The van der Waals surface area contributed by atoms with Gasteiger partial charge in [0.1, 0.15) is 0 Å². The zero-order valence-corrected chi connectivity index (χ0v) is 19.1. The number of aryl methyl sites for hydroxylation is 1. The van der Waals surface area contributed by atoms with E-state index in [9.17, 15) is 4.79 Å². The van der Waals surface area contributed by atoms with E-state index in [1.54, 1.807) is 0 Å². The molecule has 3 nitrogen and oxygen atoms in total. The molecule has 0 aromatic heterocycles. The average Bonchev–Trinajstić information content (AvgIpc) is 2.96. The molecule has 0 saturated carbocycles. The molecule has 31 heavy (non-hydrogen) atoms. The van der Waals surface area contributed by atoms with Gasteiger partial charge in [0.15, 0.2) is 5.78 Å². The zero-order valence-electron chi connectivity index (χ0n) is 17.5. The molecule has 0 radical (unpaired) electrons. The van der Waals surface area contributed by atoms with Crippen LogP contribution in [0.1, 0.15) is 48.4 Å². The van der Waals surface area contributed by atoms with Gasteiger partial charge in [0.05, 0.1) is 17.4 Å². The lowest BCUT2D eigenvalue weighted by Crippen LogP contribution is -2.26. The largest absolute Gasteiger partial charge is 0.372 e. The lowest BCUT2D eigenvalue weighted by atomic mass is 9.78. The lowest BCUT2D eigenvalue weighted by Gasteiger charge is -2.30. The van der Waals surface area contributed by atoms with Gasteiger partial charge in [-0.1, -0.05) is 71.4 Å². The van der Waals surface area contributed by atoms with Gasteiger partial charge in [0, 0.05) is 22.2 Å². The molecular formula is C27H25BrN2O. The van der Waals surface area contributed by atoms with E-state index in [0.29, 0.717) is 6.42 Å². The number of carbonyl (C=O) groups is 1. The van der Waals surface area contributed by atoms with Gasteiger partial charge in [-0.25, -0.2) is 0 Å². The second-order valence-electron chi connectivity index (χ2n) is 8.32. The summed E-state index contributed by atoms with van der Waals surface area (Å²) in [5, 5.41) is 7.25. The number of para-hydroxylation sites is 2. The highest BCUT2D eigenvalue weighted by atomic mass is 79.9. The van der Waals surface area contributed by atoms with E-state index in [0.717, 1.165) is 45.5 Å². The standard InChI is InChI=1S/C27H25BrN2O/c1-2-17-10-12-18(13-11-17)20-15-24-26(25(31)16-20)27(19-6-5-7-21(28)14-19)30-23-9-4-3-8-22(23)29-24/h3-14,20,27,29-30H,2,15-16H2,1H3. The molecule has 2 unspecified atom stereocenters. The van der Waals surface area contributed by atoms with E-state index in [4.69, 9.17) is 0 Å². The third-order valence-corrected chi connectivity index (χ3v) is 6.84. The van der Waals surface area contributed by atoms with Gasteiger partial charge in [0.2, 0.25) is 0 Å².